The van der Waals surface area contributed by atoms with E-state index in [9.17, 15) is 9.18 Å². The van der Waals surface area contributed by atoms with Crippen LogP contribution in [0.1, 0.15) is 17.4 Å². The second kappa shape index (κ2) is 7.76. The molecule has 132 valence electrons. The molecule has 25 heavy (non-hydrogen) atoms. The number of hydrogen-bond donors (Lipinski definition) is 1. The average molecular weight is 364 g/mol. The molecule has 1 aromatic heterocycles. The first kappa shape index (κ1) is 17.6. The lowest BCUT2D eigenvalue weighted by Crippen LogP contribution is -2.48. The molecule has 2 aromatic rings. The highest BCUT2D eigenvalue weighted by molar-refractivity contribution is 6.31. The van der Waals surface area contributed by atoms with E-state index in [1.165, 1.54) is 24.5 Å². The topological polar surface area (TPSA) is 61.4 Å². The Bertz CT molecular complexity index is 747. The van der Waals surface area contributed by atoms with Crippen LogP contribution in [0.15, 0.2) is 30.6 Å². The molecule has 1 aromatic carbocycles. The zero-order valence-corrected chi connectivity index (χ0v) is 14.6. The molecular formula is C17H19ClFN5O. The normalized spacial score (nSPS) is 15.2. The molecule has 0 bridgehead atoms. The fourth-order valence-corrected chi connectivity index (χ4v) is 2.83. The molecular weight excluding hydrogens is 345 g/mol. The van der Waals surface area contributed by atoms with Gasteiger partial charge >= 0.3 is 0 Å². The number of carbonyl (C=O) groups is 1. The maximum absolute atomic E-state index is 13.2. The Balaban J connectivity index is 1.63. The van der Waals surface area contributed by atoms with Gasteiger partial charge in [-0.05, 0) is 24.7 Å². The van der Waals surface area contributed by atoms with Crippen molar-refractivity contribution in [3.8, 4) is 0 Å². The number of benzene rings is 1. The van der Waals surface area contributed by atoms with E-state index in [0.717, 1.165) is 19.6 Å². The number of anilines is 2. The summed E-state index contributed by atoms with van der Waals surface area (Å²) in [5.74, 6) is -0.142. The summed E-state index contributed by atoms with van der Waals surface area (Å²) in [5.41, 5.74) is 0.906. The third-order valence-electron chi connectivity index (χ3n) is 4.17. The van der Waals surface area contributed by atoms with Crippen molar-refractivity contribution in [2.45, 2.75) is 6.92 Å². The third kappa shape index (κ3) is 4.24. The van der Waals surface area contributed by atoms with E-state index in [4.69, 9.17) is 11.6 Å². The first-order valence-corrected chi connectivity index (χ1v) is 8.50. The number of aromatic nitrogens is 2. The molecule has 3 rings (SSSR count). The number of halogens is 2. The van der Waals surface area contributed by atoms with E-state index < -0.39 is 5.82 Å². The van der Waals surface area contributed by atoms with E-state index in [2.05, 4.69) is 27.1 Å². The van der Waals surface area contributed by atoms with Crippen molar-refractivity contribution in [1.82, 2.24) is 19.8 Å². The van der Waals surface area contributed by atoms with Gasteiger partial charge in [0.15, 0.2) is 0 Å². The lowest BCUT2D eigenvalue weighted by atomic mass is 10.3. The lowest BCUT2D eigenvalue weighted by Gasteiger charge is -2.33. The fourth-order valence-electron chi connectivity index (χ4n) is 2.65. The highest BCUT2D eigenvalue weighted by Crippen LogP contribution is 2.21. The summed E-state index contributed by atoms with van der Waals surface area (Å²) in [6, 6.07) is 4.28. The highest BCUT2D eigenvalue weighted by atomic mass is 35.5. The second-order valence-electron chi connectivity index (χ2n) is 5.77. The number of nitrogens with zero attached hydrogens (tertiary/aromatic N) is 4. The van der Waals surface area contributed by atoms with Gasteiger partial charge in [0.1, 0.15) is 17.3 Å². The molecule has 0 aliphatic carbocycles. The molecule has 1 amide bonds. The molecule has 6 nitrogen and oxygen atoms in total. The van der Waals surface area contributed by atoms with Crippen LogP contribution in [0.5, 0.6) is 0 Å². The molecule has 2 heterocycles. The lowest BCUT2D eigenvalue weighted by molar-refractivity contribution is 0.0637. The van der Waals surface area contributed by atoms with Gasteiger partial charge in [-0.15, -0.1) is 0 Å². The summed E-state index contributed by atoms with van der Waals surface area (Å²) in [5, 5.41) is 3.00. The first-order valence-electron chi connectivity index (χ1n) is 8.12. The highest BCUT2D eigenvalue weighted by Gasteiger charge is 2.22. The van der Waals surface area contributed by atoms with Crippen molar-refractivity contribution in [3.05, 3.63) is 47.1 Å². The van der Waals surface area contributed by atoms with E-state index in [1.807, 2.05) is 0 Å². The van der Waals surface area contributed by atoms with Gasteiger partial charge in [0.2, 0.25) is 0 Å². The van der Waals surface area contributed by atoms with Gasteiger partial charge in [0.05, 0.1) is 17.4 Å². The zero-order valence-electron chi connectivity index (χ0n) is 13.9. The molecule has 0 radical (unpaired) electrons. The van der Waals surface area contributed by atoms with Crippen molar-refractivity contribution in [3.63, 3.8) is 0 Å². The Morgan fingerprint density at radius 3 is 2.60 bits per heavy atom. The number of rotatable bonds is 4. The van der Waals surface area contributed by atoms with Crippen LogP contribution in [0.4, 0.5) is 15.9 Å². The molecule has 8 heteroatoms. The summed E-state index contributed by atoms with van der Waals surface area (Å²) in [6.07, 6.45) is 2.93. The quantitative estimate of drug-likeness (QED) is 0.905. The van der Waals surface area contributed by atoms with Crippen LogP contribution in [0.3, 0.4) is 0 Å². The minimum absolute atomic E-state index is 0.0241. The van der Waals surface area contributed by atoms with Gasteiger partial charge in [-0.3, -0.25) is 4.79 Å². The maximum Gasteiger partial charge on any atom is 0.274 e. The van der Waals surface area contributed by atoms with Gasteiger partial charge in [-0.25, -0.2) is 14.4 Å². The van der Waals surface area contributed by atoms with Gasteiger partial charge in [-0.1, -0.05) is 18.5 Å². The van der Waals surface area contributed by atoms with Crippen LogP contribution >= 0.6 is 11.6 Å². The van der Waals surface area contributed by atoms with Gasteiger partial charge in [0, 0.05) is 31.9 Å². The molecule has 1 aliphatic heterocycles. The Hall–Kier alpha value is -2.25. The molecule has 0 saturated carbocycles. The summed E-state index contributed by atoms with van der Waals surface area (Å²) in [4.78, 5) is 25.0. The standard InChI is InChI=1S/C17H19ClFN5O/c1-2-23-5-7-24(8-6-23)17(25)15-10-21-16(11-20-15)22-12-3-4-14(19)13(18)9-12/h3-4,9-11H,2,5-8H2,1H3,(H,21,22). The van der Waals surface area contributed by atoms with E-state index in [0.29, 0.717) is 30.3 Å². The first-order chi connectivity index (χ1) is 12.1. The Morgan fingerprint density at radius 1 is 1.24 bits per heavy atom. The fraction of sp³-hybridized carbons (Fsp3) is 0.353. The number of piperazine rings is 1. The third-order valence-corrected chi connectivity index (χ3v) is 4.46. The minimum atomic E-state index is -0.484. The van der Waals surface area contributed by atoms with Crippen molar-refractivity contribution in [1.29, 1.82) is 0 Å². The van der Waals surface area contributed by atoms with Crippen molar-refractivity contribution in [2.24, 2.45) is 0 Å². The SMILES string of the molecule is CCN1CCN(C(=O)c2cnc(Nc3ccc(F)c(Cl)c3)cn2)CC1. The second-order valence-corrected chi connectivity index (χ2v) is 6.17. The zero-order chi connectivity index (χ0) is 17.8. The molecule has 1 fully saturated rings. The summed E-state index contributed by atoms with van der Waals surface area (Å²) < 4.78 is 13.2. The largest absolute Gasteiger partial charge is 0.339 e. The van der Waals surface area contributed by atoms with Crippen LogP contribution in [0.25, 0.3) is 0 Å². The van der Waals surface area contributed by atoms with Crippen molar-refractivity contribution < 1.29 is 9.18 Å². The van der Waals surface area contributed by atoms with Crippen LogP contribution in [-0.2, 0) is 0 Å². The maximum atomic E-state index is 13.2. The predicted molar refractivity (Wildman–Crippen MR) is 94.7 cm³/mol. The number of likely N-dealkylation sites (N-methyl/N-ethyl adjacent to an activating group) is 1. The Kier molecular flexibility index (Phi) is 5.45. The Labute approximate surface area is 150 Å². The summed E-state index contributed by atoms with van der Waals surface area (Å²) in [6.45, 7) is 6.25. The van der Waals surface area contributed by atoms with E-state index in [1.54, 1.807) is 11.0 Å². The van der Waals surface area contributed by atoms with Crippen LogP contribution in [0, 0.1) is 5.82 Å². The molecule has 0 atom stereocenters. The number of hydrogen-bond acceptors (Lipinski definition) is 5. The summed E-state index contributed by atoms with van der Waals surface area (Å²) >= 11 is 5.75. The minimum Gasteiger partial charge on any atom is -0.339 e. The average Bonchev–Trinajstić information content (AvgIpc) is 2.65. The van der Waals surface area contributed by atoms with Gasteiger partial charge < -0.3 is 15.1 Å². The Morgan fingerprint density at radius 2 is 2.00 bits per heavy atom. The number of nitrogens with one attached hydrogen (secondary N) is 1. The number of amides is 1. The van der Waals surface area contributed by atoms with Crippen LogP contribution in [-0.4, -0.2) is 58.4 Å². The smallest absolute Gasteiger partial charge is 0.274 e. The van der Waals surface area contributed by atoms with Gasteiger partial charge in [0.25, 0.3) is 5.91 Å². The van der Waals surface area contributed by atoms with E-state index in [-0.39, 0.29) is 10.9 Å². The molecule has 0 spiro atoms. The molecule has 1 aliphatic rings. The predicted octanol–water partition coefficient (Wildman–Crippen LogP) is 2.79. The van der Waals surface area contributed by atoms with Crippen LogP contribution < -0.4 is 5.32 Å². The van der Waals surface area contributed by atoms with Crippen molar-refractivity contribution in [2.75, 3.05) is 38.0 Å². The number of carbonyl (C=O) groups excluding carboxylic acids is 1. The molecule has 0 unspecified atom stereocenters. The molecule has 1 N–H and O–H groups in total. The molecule has 1 saturated heterocycles. The van der Waals surface area contributed by atoms with Crippen LogP contribution in [0.2, 0.25) is 5.02 Å². The monoisotopic (exact) mass is 363 g/mol. The van der Waals surface area contributed by atoms with Gasteiger partial charge in [-0.2, -0.15) is 0 Å². The van der Waals surface area contributed by atoms with Crippen molar-refractivity contribution >= 4 is 29.0 Å². The summed E-state index contributed by atoms with van der Waals surface area (Å²) in [7, 11) is 0. The van der Waals surface area contributed by atoms with E-state index >= 15 is 0 Å².